The van der Waals surface area contributed by atoms with Crippen molar-refractivity contribution in [1.29, 1.82) is 0 Å². The summed E-state index contributed by atoms with van der Waals surface area (Å²) in [5, 5.41) is 22.0. The number of aliphatic hydroxyl groups is 1. The predicted molar refractivity (Wildman–Crippen MR) is 137 cm³/mol. The minimum atomic E-state index is -0.745. The van der Waals surface area contributed by atoms with Gasteiger partial charge >= 0.3 is 6.09 Å². The van der Waals surface area contributed by atoms with Crippen LogP contribution in [0.1, 0.15) is 75.7 Å². The molecule has 0 bridgehead atoms. The standard InChI is InChI=1S/C25H37N7O4/c1-14(33)21-30-19(13-32(21)6)31-22(34)17-7-8-18(26-5)29-20(17)27-15-9-25(10-15)11-16(12-25)28-23(35)36-24(2,3)4/h7-8,13-16,33H,9-12H2,1-6H3,(H,28,35)(H,31,34)(H2,26,27,29). The molecule has 11 nitrogen and oxygen atoms in total. The fourth-order valence-corrected chi connectivity index (χ4v) is 5.18. The van der Waals surface area contributed by atoms with E-state index in [-0.39, 0.29) is 29.5 Å². The van der Waals surface area contributed by atoms with Crippen molar-refractivity contribution in [2.75, 3.05) is 23.0 Å². The molecule has 2 saturated carbocycles. The van der Waals surface area contributed by atoms with Crippen molar-refractivity contribution in [3.8, 4) is 0 Å². The van der Waals surface area contributed by atoms with Crippen LogP contribution in [-0.2, 0) is 11.8 Å². The van der Waals surface area contributed by atoms with Gasteiger partial charge in [-0.15, -0.1) is 0 Å². The number of carbonyl (C=O) groups is 2. The zero-order valence-electron chi connectivity index (χ0n) is 21.8. The van der Waals surface area contributed by atoms with Crippen molar-refractivity contribution in [3.05, 3.63) is 29.7 Å². The number of rotatable bonds is 7. The Morgan fingerprint density at radius 2 is 1.81 bits per heavy atom. The highest BCUT2D eigenvalue weighted by atomic mass is 16.6. The van der Waals surface area contributed by atoms with Gasteiger partial charge in [-0.2, -0.15) is 0 Å². The van der Waals surface area contributed by atoms with Crippen LogP contribution in [0.5, 0.6) is 0 Å². The van der Waals surface area contributed by atoms with Gasteiger partial charge < -0.3 is 35.7 Å². The van der Waals surface area contributed by atoms with Gasteiger partial charge in [0.25, 0.3) is 5.91 Å². The molecule has 1 atom stereocenters. The van der Waals surface area contributed by atoms with Crippen LogP contribution < -0.4 is 21.3 Å². The second-order valence-electron chi connectivity index (χ2n) is 11.1. The number of nitrogens with one attached hydrogen (secondary N) is 4. The summed E-state index contributed by atoms with van der Waals surface area (Å²) < 4.78 is 7.03. The number of nitrogens with zero attached hydrogens (tertiary/aromatic N) is 3. The van der Waals surface area contributed by atoms with Crippen molar-refractivity contribution >= 4 is 29.5 Å². The molecule has 2 aromatic rings. The molecule has 2 amide bonds. The molecule has 0 radical (unpaired) electrons. The first-order valence-corrected chi connectivity index (χ1v) is 12.3. The molecule has 2 fully saturated rings. The van der Waals surface area contributed by atoms with Crippen LogP contribution >= 0.6 is 0 Å². The minimum Gasteiger partial charge on any atom is -0.444 e. The van der Waals surface area contributed by atoms with Crippen LogP contribution in [0, 0.1) is 5.41 Å². The third kappa shape index (κ3) is 5.72. The molecule has 4 rings (SSSR count). The first-order chi connectivity index (χ1) is 16.9. The van der Waals surface area contributed by atoms with E-state index in [1.807, 2.05) is 20.8 Å². The predicted octanol–water partition coefficient (Wildman–Crippen LogP) is 3.41. The average Bonchev–Trinajstić information content (AvgIpc) is 3.09. The van der Waals surface area contributed by atoms with E-state index in [9.17, 15) is 14.7 Å². The number of aryl methyl sites for hydroxylation is 1. The Kier molecular flexibility index (Phi) is 6.87. The molecule has 1 spiro atoms. The fourth-order valence-electron chi connectivity index (χ4n) is 5.18. The monoisotopic (exact) mass is 499 g/mol. The van der Waals surface area contributed by atoms with E-state index >= 15 is 0 Å². The number of hydrogen-bond acceptors (Lipinski definition) is 8. The summed E-state index contributed by atoms with van der Waals surface area (Å²) in [4.78, 5) is 34.0. The molecule has 2 aromatic heterocycles. The van der Waals surface area contributed by atoms with E-state index in [2.05, 4.69) is 31.2 Å². The summed E-state index contributed by atoms with van der Waals surface area (Å²) >= 11 is 0. The van der Waals surface area contributed by atoms with Crippen LogP contribution in [0.3, 0.4) is 0 Å². The van der Waals surface area contributed by atoms with Crippen LogP contribution in [0.25, 0.3) is 0 Å². The molecule has 0 aromatic carbocycles. The summed E-state index contributed by atoms with van der Waals surface area (Å²) in [5.41, 5.74) is 0.120. The van der Waals surface area contributed by atoms with Gasteiger partial charge in [-0.1, -0.05) is 0 Å². The summed E-state index contributed by atoms with van der Waals surface area (Å²) in [6.07, 6.45) is 4.30. The lowest BCUT2D eigenvalue weighted by molar-refractivity contribution is -0.0179. The Morgan fingerprint density at radius 1 is 1.14 bits per heavy atom. The Labute approximate surface area is 211 Å². The van der Waals surface area contributed by atoms with Crippen LogP contribution in [-0.4, -0.2) is 56.4 Å². The molecule has 0 aliphatic heterocycles. The van der Waals surface area contributed by atoms with Crippen LogP contribution in [0.2, 0.25) is 0 Å². The highest BCUT2D eigenvalue weighted by molar-refractivity contribution is 6.07. The summed E-state index contributed by atoms with van der Waals surface area (Å²) in [5.74, 6) is 1.66. The minimum absolute atomic E-state index is 0.137. The molecule has 11 heteroatoms. The zero-order valence-corrected chi connectivity index (χ0v) is 21.8. The highest BCUT2D eigenvalue weighted by Gasteiger charge is 2.53. The van der Waals surface area contributed by atoms with Gasteiger partial charge in [0.1, 0.15) is 29.2 Å². The van der Waals surface area contributed by atoms with Gasteiger partial charge in [0, 0.05) is 32.4 Å². The molecule has 1 unspecified atom stereocenters. The second-order valence-corrected chi connectivity index (χ2v) is 11.1. The molecule has 36 heavy (non-hydrogen) atoms. The maximum atomic E-state index is 13.1. The molecule has 2 aliphatic rings. The van der Waals surface area contributed by atoms with E-state index in [1.165, 1.54) is 0 Å². The first kappa shape index (κ1) is 25.7. The number of ether oxygens (including phenoxy) is 1. The second kappa shape index (κ2) is 9.61. The van der Waals surface area contributed by atoms with Gasteiger partial charge in [-0.05, 0) is 70.9 Å². The van der Waals surface area contributed by atoms with Gasteiger partial charge in [-0.3, -0.25) is 4.79 Å². The molecule has 5 N–H and O–H groups in total. The smallest absolute Gasteiger partial charge is 0.407 e. The summed E-state index contributed by atoms with van der Waals surface area (Å²) in [7, 11) is 3.54. The van der Waals surface area contributed by atoms with Crippen molar-refractivity contribution < 1.29 is 19.4 Å². The maximum Gasteiger partial charge on any atom is 0.407 e. The number of pyridine rings is 1. The molecule has 196 valence electrons. The lowest BCUT2D eigenvalue weighted by Gasteiger charge is -2.57. The van der Waals surface area contributed by atoms with E-state index in [4.69, 9.17) is 4.74 Å². The lowest BCUT2D eigenvalue weighted by atomic mass is 9.52. The SMILES string of the molecule is CNc1ccc(C(=O)Nc2cn(C)c(C(C)O)n2)c(NC2CC3(CC(NC(=O)OC(C)(C)C)C3)C2)n1. The number of aromatic nitrogens is 3. The fraction of sp³-hybridized carbons (Fsp3) is 0.600. The van der Waals surface area contributed by atoms with E-state index in [0.29, 0.717) is 28.8 Å². The Morgan fingerprint density at radius 3 is 2.39 bits per heavy atom. The quantitative estimate of drug-likeness (QED) is 0.390. The Balaban J connectivity index is 1.35. The van der Waals surface area contributed by atoms with Crippen molar-refractivity contribution in [2.24, 2.45) is 12.5 Å². The van der Waals surface area contributed by atoms with E-state index in [1.54, 1.807) is 43.9 Å². The molecular formula is C25H37N7O4. The first-order valence-electron chi connectivity index (χ1n) is 12.3. The van der Waals surface area contributed by atoms with Crippen LogP contribution in [0.15, 0.2) is 18.3 Å². The zero-order chi connectivity index (χ0) is 26.3. The van der Waals surface area contributed by atoms with E-state index < -0.39 is 11.7 Å². The third-order valence-corrected chi connectivity index (χ3v) is 6.70. The topological polar surface area (TPSA) is 142 Å². The number of amides is 2. The van der Waals surface area contributed by atoms with Crippen molar-refractivity contribution in [2.45, 2.75) is 77.2 Å². The van der Waals surface area contributed by atoms with Gasteiger partial charge in [0.05, 0.1) is 5.56 Å². The van der Waals surface area contributed by atoms with E-state index in [0.717, 1.165) is 25.7 Å². The molecule has 2 heterocycles. The number of alkyl carbamates (subject to hydrolysis) is 1. The normalized spacial score (nSPS) is 23.8. The largest absolute Gasteiger partial charge is 0.444 e. The molecule has 0 saturated heterocycles. The third-order valence-electron chi connectivity index (χ3n) is 6.70. The van der Waals surface area contributed by atoms with Crippen LogP contribution in [0.4, 0.5) is 22.2 Å². The number of imidazole rings is 1. The Bertz CT molecular complexity index is 1120. The molecule has 2 aliphatic carbocycles. The summed E-state index contributed by atoms with van der Waals surface area (Å²) in [6.45, 7) is 7.18. The molecular weight excluding hydrogens is 462 g/mol. The maximum absolute atomic E-state index is 13.1. The summed E-state index contributed by atoms with van der Waals surface area (Å²) in [6, 6.07) is 3.81. The van der Waals surface area contributed by atoms with Crippen molar-refractivity contribution in [1.82, 2.24) is 19.9 Å². The highest BCUT2D eigenvalue weighted by Crippen LogP contribution is 2.56. The van der Waals surface area contributed by atoms with Gasteiger partial charge in [-0.25, -0.2) is 14.8 Å². The Hall–Kier alpha value is -3.34. The van der Waals surface area contributed by atoms with Crippen molar-refractivity contribution in [3.63, 3.8) is 0 Å². The lowest BCUT2D eigenvalue weighted by Crippen LogP contribution is -2.59. The number of aliphatic hydroxyl groups excluding tert-OH is 1. The number of carbonyl (C=O) groups excluding carboxylic acids is 2. The van der Waals surface area contributed by atoms with Gasteiger partial charge in [0.15, 0.2) is 5.82 Å². The number of anilines is 3. The number of hydrogen-bond donors (Lipinski definition) is 5. The van der Waals surface area contributed by atoms with Gasteiger partial charge in [0.2, 0.25) is 0 Å². The average molecular weight is 500 g/mol.